The Hall–Kier alpha value is -1.15. The van der Waals surface area contributed by atoms with Crippen molar-refractivity contribution in [2.75, 3.05) is 13.7 Å². The summed E-state index contributed by atoms with van der Waals surface area (Å²) in [6.45, 7) is 3.86. The molecule has 0 heterocycles. The minimum Gasteiger partial charge on any atom is -0.462 e. The quantitative estimate of drug-likeness (QED) is 0.802. The second-order valence-corrected chi connectivity index (χ2v) is 7.07. The van der Waals surface area contributed by atoms with Crippen LogP contribution in [0.4, 0.5) is 0 Å². The van der Waals surface area contributed by atoms with Crippen LogP contribution in [0.25, 0.3) is 0 Å². The molecule has 1 aromatic rings. The van der Waals surface area contributed by atoms with Crippen molar-refractivity contribution >= 4 is 27.6 Å². The molecule has 1 rings (SSSR count). The van der Waals surface area contributed by atoms with Crippen LogP contribution in [0.15, 0.2) is 23.1 Å². The highest BCUT2D eigenvalue weighted by Crippen LogP contribution is 2.19. The van der Waals surface area contributed by atoms with Gasteiger partial charge in [0.2, 0.25) is 10.0 Å². The van der Waals surface area contributed by atoms with E-state index in [4.69, 9.17) is 26.2 Å². The Labute approximate surface area is 129 Å². The van der Waals surface area contributed by atoms with Gasteiger partial charge in [0.15, 0.2) is 0 Å². The van der Waals surface area contributed by atoms with E-state index in [0.717, 1.165) is 6.07 Å². The van der Waals surface area contributed by atoms with E-state index in [-0.39, 0.29) is 22.1 Å². The zero-order valence-corrected chi connectivity index (χ0v) is 13.6. The Morgan fingerprint density at radius 2 is 1.95 bits per heavy atom. The van der Waals surface area contributed by atoms with Gasteiger partial charge in [-0.05, 0) is 32.0 Å². The van der Waals surface area contributed by atoms with Crippen molar-refractivity contribution in [2.24, 2.45) is 5.14 Å². The fraction of sp³-hybridized carbons (Fsp3) is 0.462. The Kier molecular flexibility index (Phi) is 5.75. The molecule has 0 aliphatic heterocycles. The Bertz CT molecular complexity index is 627. The lowest BCUT2D eigenvalue weighted by atomic mass is 10.1. The predicted molar refractivity (Wildman–Crippen MR) is 78.8 cm³/mol. The first kappa shape index (κ1) is 17.9. The smallest absolute Gasteiger partial charge is 0.338 e. The molecule has 0 saturated carbocycles. The number of ether oxygens (including phenoxy) is 2. The maximum absolute atomic E-state index is 11.9. The SMILES string of the molecule is COC(C)(C)CCOC(=O)c1cc(Cl)cc(S(N)(=O)=O)c1. The number of nitrogens with two attached hydrogens (primary N) is 1. The van der Waals surface area contributed by atoms with Gasteiger partial charge in [-0.25, -0.2) is 18.4 Å². The number of benzene rings is 1. The molecule has 6 nitrogen and oxygen atoms in total. The molecule has 0 aliphatic carbocycles. The minimum absolute atomic E-state index is 0.0294. The van der Waals surface area contributed by atoms with Gasteiger partial charge in [-0.15, -0.1) is 0 Å². The standard InChI is InChI=1S/C13H18ClNO5S/c1-13(2,19-3)4-5-20-12(16)9-6-10(14)8-11(7-9)21(15,17)18/h6-8H,4-5H2,1-3H3,(H2,15,17,18). The van der Waals surface area contributed by atoms with Crippen LogP contribution in [-0.4, -0.2) is 33.7 Å². The number of hydrogen-bond acceptors (Lipinski definition) is 5. The lowest BCUT2D eigenvalue weighted by Gasteiger charge is -2.22. The Morgan fingerprint density at radius 1 is 1.33 bits per heavy atom. The van der Waals surface area contributed by atoms with Crippen molar-refractivity contribution in [3.8, 4) is 0 Å². The largest absolute Gasteiger partial charge is 0.462 e. The van der Waals surface area contributed by atoms with E-state index < -0.39 is 21.6 Å². The Morgan fingerprint density at radius 3 is 2.48 bits per heavy atom. The number of esters is 1. The molecule has 0 aromatic heterocycles. The third-order valence-corrected chi connectivity index (χ3v) is 4.04. The molecular weight excluding hydrogens is 318 g/mol. The second kappa shape index (κ2) is 6.74. The maximum atomic E-state index is 11.9. The normalized spacial score (nSPS) is 12.2. The van der Waals surface area contributed by atoms with E-state index in [2.05, 4.69) is 0 Å². The van der Waals surface area contributed by atoms with Crippen molar-refractivity contribution in [3.63, 3.8) is 0 Å². The molecule has 0 radical (unpaired) electrons. The van der Waals surface area contributed by atoms with Crippen LogP contribution in [0.2, 0.25) is 5.02 Å². The molecule has 0 atom stereocenters. The zero-order valence-electron chi connectivity index (χ0n) is 12.1. The monoisotopic (exact) mass is 335 g/mol. The van der Waals surface area contributed by atoms with Gasteiger partial charge in [0.1, 0.15) is 0 Å². The predicted octanol–water partition coefficient (Wildman–Crippen LogP) is 1.96. The number of halogens is 1. The average molecular weight is 336 g/mol. The van der Waals surface area contributed by atoms with E-state index >= 15 is 0 Å². The number of methoxy groups -OCH3 is 1. The van der Waals surface area contributed by atoms with Crippen molar-refractivity contribution in [3.05, 3.63) is 28.8 Å². The van der Waals surface area contributed by atoms with Crippen molar-refractivity contribution in [1.29, 1.82) is 0 Å². The van der Waals surface area contributed by atoms with Gasteiger partial charge in [-0.3, -0.25) is 0 Å². The van der Waals surface area contributed by atoms with Crippen LogP contribution in [0.5, 0.6) is 0 Å². The van der Waals surface area contributed by atoms with E-state index in [1.807, 2.05) is 13.8 Å². The molecule has 0 spiro atoms. The summed E-state index contributed by atoms with van der Waals surface area (Å²) in [5.41, 5.74) is -0.387. The summed E-state index contributed by atoms with van der Waals surface area (Å²) in [7, 11) is -2.37. The van der Waals surface area contributed by atoms with Crippen LogP contribution in [0.3, 0.4) is 0 Å². The summed E-state index contributed by atoms with van der Waals surface area (Å²) in [5, 5.41) is 5.10. The molecule has 0 saturated heterocycles. The van der Waals surface area contributed by atoms with E-state index in [9.17, 15) is 13.2 Å². The van der Waals surface area contributed by atoms with Gasteiger partial charge >= 0.3 is 5.97 Å². The summed E-state index contributed by atoms with van der Waals surface area (Å²) in [5.74, 6) is -0.672. The van der Waals surface area contributed by atoms with E-state index in [1.165, 1.54) is 12.1 Å². The first-order valence-electron chi connectivity index (χ1n) is 6.11. The number of carbonyl (C=O) groups is 1. The van der Waals surface area contributed by atoms with Crippen molar-refractivity contribution in [2.45, 2.75) is 30.8 Å². The lowest BCUT2D eigenvalue weighted by molar-refractivity contribution is -0.00564. The van der Waals surface area contributed by atoms with Crippen molar-refractivity contribution in [1.82, 2.24) is 0 Å². The highest BCUT2D eigenvalue weighted by Gasteiger charge is 2.19. The zero-order chi connectivity index (χ0) is 16.3. The average Bonchev–Trinajstić information content (AvgIpc) is 2.36. The van der Waals surface area contributed by atoms with Gasteiger partial charge in [-0.1, -0.05) is 11.6 Å². The molecule has 0 fully saturated rings. The molecule has 118 valence electrons. The highest BCUT2D eigenvalue weighted by molar-refractivity contribution is 7.89. The summed E-state index contributed by atoms with van der Waals surface area (Å²) < 4.78 is 32.9. The number of sulfonamides is 1. The molecule has 0 unspecified atom stereocenters. The minimum atomic E-state index is -3.94. The van der Waals surface area contributed by atoms with Gasteiger partial charge in [0.25, 0.3) is 0 Å². The number of rotatable bonds is 6. The van der Waals surface area contributed by atoms with E-state index in [1.54, 1.807) is 7.11 Å². The maximum Gasteiger partial charge on any atom is 0.338 e. The van der Waals surface area contributed by atoms with Gasteiger partial charge in [0.05, 0.1) is 22.7 Å². The fourth-order valence-electron chi connectivity index (χ4n) is 1.42. The summed E-state index contributed by atoms with van der Waals surface area (Å²) in [6, 6.07) is 3.62. The summed E-state index contributed by atoms with van der Waals surface area (Å²) in [4.78, 5) is 11.7. The number of hydrogen-bond donors (Lipinski definition) is 1. The van der Waals surface area contributed by atoms with Gasteiger partial charge < -0.3 is 9.47 Å². The molecule has 8 heteroatoms. The third kappa shape index (κ3) is 5.62. The Balaban J connectivity index is 2.82. The molecule has 0 aliphatic rings. The molecular formula is C13H18ClNO5S. The summed E-state index contributed by atoms with van der Waals surface area (Å²) in [6.07, 6.45) is 0.498. The van der Waals surface area contributed by atoms with Crippen LogP contribution in [0, 0.1) is 0 Å². The highest BCUT2D eigenvalue weighted by atomic mass is 35.5. The molecule has 0 amide bonds. The van der Waals surface area contributed by atoms with Crippen LogP contribution >= 0.6 is 11.6 Å². The summed E-state index contributed by atoms with van der Waals surface area (Å²) >= 11 is 5.78. The second-order valence-electron chi connectivity index (χ2n) is 5.07. The first-order chi connectivity index (χ1) is 9.55. The van der Waals surface area contributed by atoms with Crippen LogP contribution in [0.1, 0.15) is 30.6 Å². The molecule has 0 bridgehead atoms. The van der Waals surface area contributed by atoms with Crippen molar-refractivity contribution < 1.29 is 22.7 Å². The number of primary sulfonamides is 1. The molecule has 21 heavy (non-hydrogen) atoms. The topological polar surface area (TPSA) is 95.7 Å². The first-order valence-corrected chi connectivity index (χ1v) is 8.03. The fourth-order valence-corrected chi connectivity index (χ4v) is 2.30. The van der Waals surface area contributed by atoms with Gasteiger partial charge in [0, 0.05) is 18.6 Å². The lowest BCUT2D eigenvalue weighted by Crippen LogP contribution is -2.25. The molecule has 2 N–H and O–H groups in total. The number of carbonyl (C=O) groups excluding carboxylic acids is 1. The third-order valence-electron chi connectivity index (χ3n) is 2.93. The van der Waals surface area contributed by atoms with Gasteiger partial charge in [-0.2, -0.15) is 0 Å². The van der Waals surface area contributed by atoms with E-state index in [0.29, 0.717) is 6.42 Å². The van der Waals surface area contributed by atoms with Crippen LogP contribution < -0.4 is 5.14 Å². The molecule has 1 aromatic carbocycles. The van der Waals surface area contributed by atoms with Crippen LogP contribution in [-0.2, 0) is 19.5 Å².